The first-order valence-corrected chi connectivity index (χ1v) is 23.5. The summed E-state index contributed by atoms with van der Waals surface area (Å²) in [5, 5.41) is 0. The minimum Gasteiger partial charge on any atom is -0.344 e. The first kappa shape index (κ1) is 42.5. The van der Waals surface area contributed by atoms with Crippen molar-refractivity contribution in [2.45, 2.75) is 96.8 Å². The van der Waals surface area contributed by atoms with E-state index in [9.17, 15) is 9.59 Å². The van der Waals surface area contributed by atoms with Gasteiger partial charge >= 0.3 is 0 Å². The normalized spacial score (nSPS) is 18.4. The molecule has 9 rings (SSSR count). The van der Waals surface area contributed by atoms with E-state index in [0.29, 0.717) is 0 Å². The van der Waals surface area contributed by atoms with Crippen LogP contribution in [0.5, 0.6) is 0 Å². The Labute approximate surface area is 372 Å². The fourth-order valence-corrected chi connectivity index (χ4v) is 10.6. The number of carbonyl (C=O) groups is 2. The Balaban J connectivity index is 0.915. The van der Waals surface area contributed by atoms with Crippen LogP contribution in [-0.4, -0.2) is 90.6 Å². The number of fused-ring (bicyclic) bond motifs is 3. The van der Waals surface area contributed by atoms with E-state index in [-0.39, 0.29) is 36.0 Å². The average molecular weight is 843 g/mol. The van der Waals surface area contributed by atoms with Gasteiger partial charge in [0.25, 0.3) is 0 Å². The second kappa shape index (κ2) is 18.9. The summed E-state index contributed by atoms with van der Waals surface area (Å²) < 4.78 is 0. The van der Waals surface area contributed by atoms with Crippen LogP contribution in [0.4, 0.5) is 0 Å². The fourth-order valence-electron chi connectivity index (χ4n) is 10.6. The smallest absolute Gasteiger partial charge is 0.245 e. The molecular formula is C53H62N8O2. The Hall–Kier alpha value is -5.84. The van der Waals surface area contributed by atoms with Gasteiger partial charge in [0, 0.05) is 24.3 Å². The van der Waals surface area contributed by atoms with E-state index >= 15 is 0 Å². The first-order valence-electron chi connectivity index (χ1n) is 23.5. The summed E-state index contributed by atoms with van der Waals surface area (Å²) >= 11 is 0. The summed E-state index contributed by atoms with van der Waals surface area (Å²) in [5.74, 6) is 2.07. The molecule has 1 aliphatic carbocycles. The molecule has 3 aliphatic rings. The van der Waals surface area contributed by atoms with Gasteiger partial charge in [0.1, 0.15) is 23.7 Å². The fraction of sp³-hybridized carbons (Fsp3) is 0.396. The van der Waals surface area contributed by atoms with Gasteiger partial charge in [-0.3, -0.25) is 19.4 Å². The number of aromatic amines is 2. The predicted octanol–water partition coefficient (Wildman–Crippen LogP) is 10.1. The molecule has 2 N–H and O–H groups in total. The molecule has 4 aromatic carbocycles. The lowest BCUT2D eigenvalue weighted by Gasteiger charge is -2.34. The van der Waals surface area contributed by atoms with E-state index in [1.54, 1.807) is 0 Å². The minimum absolute atomic E-state index is 0.0671. The van der Waals surface area contributed by atoms with Crippen molar-refractivity contribution < 1.29 is 9.59 Å². The number of benzene rings is 4. The molecule has 4 atom stereocenters. The highest BCUT2D eigenvalue weighted by atomic mass is 16.2. The molecule has 2 aliphatic heterocycles. The molecule has 63 heavy (non-hydrogen) atoms. The van der Waals surface area contributed by atoms with E-state index in [1.807, 2.05) is 47.5 Å². The Morgan fingerprint density at radius 1 is 0.635 bits per heavy atom. The number of rotatable bonds is 14. The molecule has 0 spiro atoms. The number of aromatic nitrogens is 4. The van der Waals surface area contributed by atoms with Gasteiger partial charge in [0.2, 0.25) is 11.8 Å². The van der Waals surface area contributed by atoms with E-state index in [2.05, 4.69) is 119 Å². The number of nitrogens with zero attached hydrogens (tertiary/aromatic N) is 6. The van der Waals surface area contributed by atoms with Gasteiger partial charge in [0.05, 0.1) is 29.7 Å². The van der Waals surface area contributed by atoms with Crippen LogP contribution in [0.3, 0.4) is 0 Å². The van der Waals surface area contributed by atoms with E-state index in [1.165, 1.54) is 22.4 Å². The van der Waals surface area contributed by atoms with Gasteiger partial charge in [-0.05, 0) is 105 Å². The van der Waals surface area contributed by atoms with E-state index in [4.69, 9.17) is 9.97 Å². The number of hydrogen-bond acceptors (Lipinski definition) is 6. The standard InChI is InChI=1S/C53H62N8O2/c1-5-58(6-2)48(38-18-11-9-12-19-38)52(62)60-32-16-24-45(60)50-54-35-44(56-50)37-28-26-36(27-29-37)40-30-31-42-41(34-40)22-15-23-43-47(42)57-51(55-43)46-25-17-33-61(46)53(63)49(59(7-3)8-4)39-20-13-10-14-21-39/h9-14,18-21,26-31,34-35,45-46,48-49H,5-8,15-17,22-25,32-33H2,1-4H3,(H,54,56)(H,55,57)/t45-,46-,48+,49+/m0/s1. The summed E-state index contributed by atoms with van der Waals surface area (Å²) in [6.07, 6.45) is 8.57. The minimum atomic E-state index is -0.313. The third kappa shape index (κ3) is 8.39. The predicted molar refractivity (Wildman–Crippen MR) is 251 cm³/mol. The number of likely N-dealkylation sites (N-methyl/N-ethyl adjacent to an activating group) is 2. The maximum absolute atomic E-state index is 14.5. The first-order chi connectivity index (χ1) is 30.9. The lowest BCUT2D eigenvalue weighted by Crippen LogP contribution is -2.43. The molecule has 0 radical (unpaired) electrons. The number of nitrogens with one attached hydrogen (secondary N) is 2. The third-order valence-corrected chi connectivity index (χ3v) is 13.9. The lowest BCUT2D eigenvalue weighted by molar-refractivity contribution is -0.139. The topological polar surface area (TPSA) is 104 Å². The summed E-state index contributed by atoms with van der Waals surface area (Å²) in [6, 6.07) is 35.2. The highest BCUT2D eigenvalue weighted by Crippen LogP contribution is 2.40. The molecule has 2 saturated heterocycles. The van der Waals surface area contributed by atoms with Crippen LogP contribution in [0.2, 0.25) is 0 Å². The number of H-pyrrole nitrogens is 2. The van der Waals surface area contributed by atoms with Crippen molar-refractivity contribution in [1.82, 2.24) is 39.5 Å². The number of hydrogen-bond donors (Lipinski definition) is 2. The molecule has 6 aromatic rings. The highest BCUT2D eigenvalue weighted by Gasteiger charge is 2.40. The monoisotopic (exact) mass is 842 g/mol. The summed E-state index contributed by atoms with van der Waals surface area (Å²) in [4.78, 5) is 55.0. The summed E-state index contributed by atoms with van der Waals surface area (Å²) in [5.41, 5.74) is 11.1. The molecule has 10 heteroatoms. The number of imidazole rings is 2. The van der Waals surface area contributed by atoms with Crippen molar-refractivity contribution >= 4 is 11.8 Å². The van der Waals surface area contributed by atoms with E-state index in [0.717, 1.165) is 130 Å². The van der Waals surface area contributed by atoms with Crippen molar-refractivity contribution in [3.05, 3.63) is 143 Å². The zero-order valence-electron chi connectivity index (χ0n) is 37.4. The zero-order chi connectivity index (χ0) is 43.5. The molecular weight excluding hydrogens is 781 g/mol. The van der Waals surface area contributed by atoms with Crippen molar-refractivity contribution in [2.24, 2.45) is 0 Å². The quantitative estimate of drug-likeness (QED) is 0.113. The van der Waals surface area contributed by atoms with Gasteiger partial charge in [-0.2, -0.15) is 0 Å². The molecule has 0 bridgehead atoms. The Morgan fingerprint density at radius 3 is 1.75 bits per heavy atom. The van der Waals surface area contributed by atoms with Gasteiger partial charge in [0.15, 0.2) is 0 Å². The number of amides is 2. The van der Waals surface area contributed by atoms with Crippen molar-refractivity contribution in [3.8, 4) is 33.6 Å². The maximum atomic E-state index is 14.5. The second-order valence-electron chi connectivity index (χ2n) is 17.4. The maximum Gasteiger partial charge on any atom is 0.245 e. The SMILES string of the molecule is CCN(CC)[C@@H](C(=O)N1CCC[C@H]1c1ncc(-c2ccc(-c3ccc4c(c3)CCCc3[nH]c([C@@H]5CCCN5C(=O)[C@@H](c5ccccc5)N(CC)CC)nc3-4)cc2)[nH]1)c1ccccc1. The lowest BCUT2D eigenvalue weighted by atomic mass is 9.95. The van der Waals surface area contributed by atoms with Crippen molar-refractivity contribution in [2.75, 3.05) is 39.3 Å². The van der Waals surface area contributed by atoms with Crippen LogP contribution in [-0.2, 0) is 22.4 Å². The molecule has 2 aromatic heterocycles. The van der Waals surface area contributed by atoms with Gasteiger partial charge in [-0.1, -0.05) is 131 Å². The number of likely N-dealkylation sites (tertiary alicyclic amines) is 2. The molecule has 2 fully saturated rings. The number of carbonyl (C=O) groups excluding carboxylic acids is 2. The molecule has 326 valence electrons. The Bertz CT molecular complexity index is 2490. The summed E-state index contributed by atoms with van der Waals surface area (Å²) in [7, 11) is 0. The molecule has 2 amide bonds. The van der Waals surface area contributed by atoms with Crippen LogP contribution >= 0.6 is 0 Å². The van der Waals surface area contributed by atoms with Gasteiger partial charge in [-0.25, -0.2) is 9.97 Å². The molecule has 0 saturated carbocycles. The largest absolute Gasteiger partial charge is 0.344 e. The van der Waals surface area contributed by atoms with Crippen LogP contribution in [0.25, 0.3) is 33.6 Å². The Kier molecular flexibility index (Phi) is 12.7. The van der Waals surface area contributed by atoms with Crippen LogP contribution in [0.1, 0.15) is 118 Å². The van der Waals surface area contributed by atoms with Crippen molar-refractivity contribution in [1.29, 1.82) is 0 Å². The highest BCUT2D eigenvalue weighted by molar-refractivity contribution is 5.85. The zero-order valence-corrected chi connectivity index (χ0v) is 37.4. The van der Waals surface area contributed by atoms with Crippen LogP contribution in [0.15, 0.2) is 109 Å². The number of aryl methyl sites for hydroxylation is 2. The molecule has 0 unspecified atom stereocenters. The van der Waals surface area contributed by atoms with Gasteiger partial charge < -0.3 is 19.8 Å². The van der Waals surface area contributed by atoms with Crippen molar-refractivity contribution in [3.63, 3.8) is 0 Å². The Morgan fingerprint density at radius 2 is 1.17 bits per heavy atom. The van der Waals surface area contributed by atoms with Crippen LogP contribution < -0.4 is 0 Å². The van der Waals surface area contributed by atoms with E-state index < -0.39 is 0 Å². The molecule has 4 heterocycles. The molecule has 10 nitrogen and oxygen atoms in total. The summed E-state index contributed by atoms with van der Waals surface area (Å²) in [6.45, 7) is 13.2. The average Bonchev–Trinajstić information content (AvgIpc) is 4.17. The van der Waals surface area contributed by atoms with Gasteiger partial charge in [-0.15, -0.1) is 0 Å². The van der Waals surface area contributed by atoms with Crippen LogP contribution in [0, 0.1) is 0 Å². The third-order valence-electron chi connectivity index (χ3n) is 13.9. The second-order valence-corrected chi connectivity index (χ2v) is 17.4.